The van der Waals surface area contributed by atoms with E-state index in [0.717, 1.165) is 11.1 Å². The van der Waals surface area contributed by atoms with Crippen LogP contribution in [-0.2, 0) is 9.59 Å². The first-order chi connectivity index (χ1) is 8.11. The molecule has 3 rings (SSSR count). The summed E-state index contributed by atoms with van der Waals surface area (Å²) in [5, 5.41) is 18.4. The third kappa shape index (κ3) is 1.24. The van der Waals surface area contributed by atoms with Crippen molar-refractivity contribution in [3.05, 3.63) is 35.4 Å². The zero-order chi connectivity index (χ0) is 12.2. The topological polar surface area (TPSA) is 74.6 Å². The SMILES string of the molecule is O=C(O)C1C(C(=O)O)[C@H]2C[C@@H]1c1ccccc12. The van der Waals surface area contributed by atoms with Gasteiger partial charge in [-0.2, -0.15) is 0 Å². The lowest BCUT2D eigenvalue weighted by molar-refractivity contribution is -0.153. The lowest BCUT2D eigenvalue weighted by Crippen LogP contribution is -2.33. The van der Waals surface area contributed by atoms with Gasteiger partial charge < -0.3 is 10.2 Å². The van der Waals surface area contributed by atoms with Gasteiger partial charge in [0.2, 0.25) is 0 Å². The van der Waals surface area contributed by atoms with Crippen LogP contribution in [0.15, 0.2) is 24.3 Å². The van der Waals surface area contributed by atoms with Gasteiger partial charge in [0.1, 0.15) is 0 Å². The summed E-state index contributed by atoms with van der Waals surface area (Å²) >= 11 is 0. The van der Waals surface area contributed by atoms with Crippen LogP contribution >= 0.6 is 0 Å². The van der Waals surface area contributed by atoms with E-state index >= 15 is 0 Å². The van der Waals surface area contributed by atoms with E-state index in [1.807, 2.05) is 24.3 Å². The van der Waals surface area contributed by atoms with E-state index in [0.29, 0.717) is 6.42 Å². The van der Waals surface area contributed by atoms with Crippen LogP contribution in [0.3, 0.4) is 0 Å². The third-order valence-electron chi connectivity index (χ3n) is 4.13. The number of benzene rings is 1. The van der Waals surface area contributed by atoms with Crippen LogP contribution in [0, 0.1) is 11.8 Å². The largest absolute Gasteiger partial charge is 0.481 e. The molecule has 17 heavy (non-hydrogen) atoms. The predicted octanol–water partition coefficient (Wildman–Crippen LogP) is 1.67. The monoisotopic (exact) mass is 232 g/mol. The second-order valence-corrected chi connectivity index (χ2v) is 4.81. The standard InChI is InChI=1S/C13H12O4/c14-12(15)10-8-5-9(11(10)13(16)17)7-4-2-1-3-6(7)8/h1-4,8-11H,5H2,(H,14,15)(H,16,17)/t8-,9+,10?,11?. The van der Waals surface area contributed by atoms with Gasteiger partial charge in [0, 0.05) is 0 Å². The van der Waals surface area contributed by atoms with Crippen molar-refractivity contribution in [2.24, 2.45) is 11.8 Å². The van der Waals surface area contributed by atoms with Crippen molar-refractivity contribution < 1.29 is 19.8 Å². The lowest BCUT2D eigenvalue weighted by Gasteiger charge is -2.26. The molecule has 4 atom stereocenters. The Balaban J connectivity index is 2.12. The summed E-state index contributed by atoms with van der Waals surface area (Å²) in [6.07, 6.45) is 0.660. The van der Waals surface area contributed by atoms with Gasteiger partial charge in [-0.05, 0) is 29.4 Å². The molecule has 2 N–H and O–H groups in total. The van der Waals surface area contributed by atoms with Gasteiger partial charge in [0.25, 0.3) is 0 Å². The molecule has 0 radical (unpaired) electrons. The number of carbonyl (C=O) groups is 2. The van der Waals surface area contributed by atoms with E-state index in [4.69, 9.17) is 0 Å². The second kappa shape index (κ2) is 3.32. The highest BCUT2D eigenvalue weighted by Crippen LogP contribution is 2.59. The molecule has 1 aromatic rings. The van der Waals surface area contributed by atoms with Crippen LogP contribution in [0.1, 0.15) is 29.4 Å². The fraction of sp³-hybridized carbons (Fsp3) is 0.385. The van der Waals surface area contributed by atoms with E-state index in [2.05, 4.69) is 0 Å². The highest BCUT2D eigenvalue weighted by Gasteiger charge is 2.56. The minimum Gasteiger partial charge on any atom is -0.481 e. The molecule has 1 saturated carbocycles. The van der Waals surface area contributed by atoms with Crippen molar-refractivity contribution in [1.29, 1.82) is 0 Å². The molecule has 4 nitrogen and oxygen atoms in total. The number of carboxylic acids is 2. The minimum atomic E-state index is -0.987. The van der Waals surface area contributed by atoms with Gasteiger partial charge in [-0.3, -0.25) is 9.59 Å². The quantitative estimate of drug-likeness (QED) is 0.813. The molecule has 0 saturated heterocycles. The molecule has 0 aromatic heterocycles. The van der Waals surface area contributed by atoms with Crippen molar-refractivity contribution in [3.63, 3.8) is 0 Å². The van der Waals surface area contributed by atoms with Crippen LogP contribution < -0.4 is 0 Å². The first-order valence-corrected chi connectivity index (χ1v) is 5.65. The molecule has 1 fully saturated rings. The summed E-state index contributed by atoms with van der Waals surface area (Å²) < 4.78 is 0. The van der Waals surface area contributed by atoms with E-state index in [1.165, 1.54) is 0 Å². The van der Waals surface area contributed by atoms with Crippen LogP contribution in [0.2, 0.25) is 0 Å². The van der Waals surface area contributed by atoms with Crippen LogP contribution in [0.4, 0.5) is 0 Å². The number of fused-ring (bicyclic) bond motifs is 5. The van der Waals surface area contributed by atoms with Gasteiger partial charge in [0.15, 0.2) is 0 Å². The Morgan fingerprint density at radius 2 is 1.35 bits per heavy atom. The number of hydrogen-bond donors (Lipinski definition) is 2. The van der Waals surface area contributed by atoms with Crippen molar-refractivity contribution in [2.45, 2.75) is 18.3 Å². The van der Waals surface area contributed by atoms with Crippen LogP contribution in [0.5, 0.6) is 0 Å². The Morgan fingerprint density at radius 1 is 0.941 bits per heavy atom. The van der Waals surface area contributed by atoms with Crippen molar-refractivity contribution in [2.75, 3.05) is 0 Å². The molecule has 0 amide bonds. The van der Waals surface area contributed by atoms with Gasteiger partial charge in [-0.15, -0.1) is 0 Å². The van der Waals surface area contributed by atoms with Crippen LogP contribution in [-0.4, -0.2) is 22.2 Å². The smallest absolute Gasteiger partial charge is 0.308 e. The maximum absolute atomic E-state index is 11.3. The predicted molar refractivity (Wildman–Crippen MR) is 58.8 cm³/mol. The number of aliphatic carboxylic acids is 2. The molecule has 0 spiro atoms. The van der Waals surface area contributed by atoms with E-state index in [-0.39, 0.29) is 11.8 Å². The van der Waals surface area contributed by atoms with Crippen molar-refractivity contribution >= 4 is 11.9 Å². The molecule has 4 heteroatoms. The van der Waals surface area contributed by atoms with Gasteiger partial charge >= 0.3 is 11.9 Å². The summed E-state index contributed by atoms with van der Waals surface area (Å²) in [6.45, 7) is 0. The zero-order valence-electron chi connectivity index (χ0n) is 9.04. The maximum Gasteiger partial charge on any atom is 0.308 e. The molecule has 2 unspecified atom stereocenters. The van der Waals surface area contributed by atoms with Gasteiger partial charge in [0.05, 0.1) is 11.8 Å². The molecule has 2 aliphatic carbocycles. The van der Waals surface area contributed by atoms with Gasteiger partial charge in [-0.1, -0.05) is 24.3 Å². The number of hydrogen-bond acceptors (Lipinski definition) is 2. The summed E-state index contributed by atoms with van der Waals surface area (Å²) in [5.74, 6) is -3.77. The normalized spacial score (nSPS) is 33.4. The minimum absolute atomic E-state index is 0.130. The fourth-order valence-electron chi connectivity index (χ4n) is 3.55. The maximum atomic E-state index is 11.3. The Hall–Kier alpha value is -1.84. The Bertz CT molecular complexity index is 463. The molecule has 1 aromatic carbocycles. The first-order valence-electron chi connectivity index (χ1n) is 5.65. The summed E-state index contributed by atoms with van der Waals surface area (Å²) in [4.78, 5) is 22.5. The van der Waals surface area contributed by atoms with E-state index in [1.54, 1.807) is 0 Å². The molecule has 0 heterocycles. The average Bonchev–Trinajstić information content (AvgIpc) is 2.84. The van der Waals surface area contributed by atoms with Crippen molar-refractivity contribution in [3.8, 4) is 0 Å². The van der Waals surface area contributed by atoms with E-state index < -0.39 is 23.8 Å². The number of rotatable bonds is 2. The fourth-order valence-corrected chi connectivity index (χ4v) is 3.55. The highest BCUT2D eigenvalue weighted by atomic mass is 16.4. The molecular formula is C13H12O4. The molecular weight excluding hydrogens is 220 g/mol. The van der Waals surface area contributed by atoms with E-state index in [9.17, 15) is 19.8 Å². The zero-order valence-corrected chi connectivity index (χ0v) is 9.04. The Labute approximate surface area is 97.9 Å². The summed E-state index contributed by atoms with van der Waals surface area (Å²) in [6, 6.07) is 7.62. The molecule has 2 aliphatic rings. The summed E-state index contributed by atoms with van der Waals surface area (Å²) in [7, 11) is 0. The lowest BCUT2D eigenvalue weighted by atomic mass is 9.76. The van der Waals surface area contributed by atoms with Gasteiger partial charge in [-0.25, -0.2) is 0 Å². The second-order valence-electron chi connectivity index (χ2n) is 4.81. The average molecular weight is 232 g/mol. The number of carboxylic acid groups (broad SMARTS) is 2. The molecule has 2 bridgehead atoms. The first kappa shape index (κ1) is 10.3. The Morgan fingerprint density at radius 3 is 1.71 bits per heavy atom. The third-order valence-corrected chi connectivity index (χ3v) is 4.13. The summed E-state index contributed by atoms with van der Waals surface area (Å²) in [5.41, 5.74) is 2.06. The highest BCUT2D eigenvalue weighted by molar-refractivity contribution is 5.84. The van der Waals surface area contributed by atoms with Crippen molar-refractivity contribution in [1.82, 2.24) is 0 Å². The molecule has 0 aliphatic heterocycles. The van der Waals surface area contributed by atoms with Crippen LogP contribution in [0.25, 0.3) is 0 Å². The molecule has 88 valence electrons. The Kier molecular flexibility index (Phi) is 2.02.